The quantitative estimate of drug-likeness (QED) is 0.374. The molecule has 0 radical (unpaired) electrons. The van der Waals surface area contributed by atoms with Crippen molar-refractivity contribution in [3.05, 3.63) is 35.4 Å². The molecule has 1 aromatic rings. The summed E-state index contributed by atoms with van der Waals surface area (Å²) < 4.78 is 5.36. The number of hydrogen-bond donors (Lipinski definition) is 2. The lowest BCUT2D eigenvalue weighted by molar-refractivity contribution is 0.143. The molecule has 1 unspecified atom stereocenters. The predicted molar refractivity (Wildman–Crippen MR) is 114 cm³/mol. The molecular formula is C22H38N4O. The Morgan fingerprint density at radius 3 is 2.63 bits per heavy atom. The van der Waals surface area contributed by atoms with E-state index in [1.54, 1.807) is 0 Å². The number of benzene rings is 1. The molecule has 1 heterocycles. The number of rotatable bonds is 10. The van der Waals surface area contributed by atoms with Crippen molar-refractivity contribution in [3.63, 3.8) is 0 Å². The van der Waals surface area contributed by atoms with Crippen molar-refractivity contribution in [3.8, 4) is 0 Å². The third-order valence-corrected chi connectivity index (χ3v) is 5.24. The average Bonchev–Trinajstić information content (AvgIpc) is 2.70. The lowest BCUT2D eigenvalue weighted by atomic mass is 10.0. The minimum atomic E-state index is 0.711. The molecule has 1 aliphatic heterocycles. The second-order valence-corrected chi connectivity index (χ2v) is 7.39. The first kappa shape index (κ1) is 21.7. The molecule has 5 nitrogen and oxygen atoms in total. The summed E-state index contributed by atoms with van der Waals surface area (Å²) in [5, 5.41) is 6.76. The van der Waals surface area contributed by atoms with Crippen LogP contribution in [-0.2, 0) is 17.8 Å². The van der Waals surface area contributed by atoms with Gasteiger partial charge in [0.15, 0.2) is 5.96 Å². The van der Waals surface area contributed by atoms with E-state index in [1.807, 2.05) is 14.0 Å². The van der Waals surface area contributed by atoms with E-state index < -0.39 is 0 Å². The number of ether oxygens (including phenoxy) is 1. The maximum absolute atomic E-state index is 5.36. The molecule has 0 aliphatic carbocycles. The first-order chi connectivity index (χ1) is 13.2. The average molecular weight is 375 g/mol. The maximum atomic E-state index is 5.36. The first-order valence-corrected chi connectivity index (χ1v) is 10.6. The standard InChI is InChI=1S/C22H38N4O/c1-4-27-16-8-6-14-24-22(23-3)25-17-20-10-12-21(13-11-20)18-26-15-7-5-9-19(26)2/h10-13,19H,4-9,14-18H2,1-3H3,(H2,23,24,25). The lowest BCUT2D eigenvalue weighted by Gasteiger charge is -2.33. The number of nitrogens with one attached hydrogen (secondary N) is 2. The van der Waals surface area contributed by atoms with Gasteiger partial charge in [-0.1, -0.05) is 30.7 Å². The molecule has 2 N–H and O–H groups in total. The largest absolute Gasteiger partial charge is 0.382 e. The van der Waals surface area contributed by atoms with Crippen LogP contribution in [0.3, 0.4) is 0 Å². The Morgan fingerprint density at radius 2 is 1.93 bits per heavy atom. The van der Waals surface area contributed by atoms with Gasteiger partial charge in [0.25, 0.3) is 0 Å². The Hall–Kier alpha value is -1.59. The van der Waals surface area contributed by atoms with Crippen molar-refractivity contribution in [1.29, 1.82) is 0 Å². The summed E-state index contributed by atoms with van der Waals surface area (Å²) in [4.78, 5) is 6.90. The van der Waals surface area contributed by atoms with Gasteiger partial charge in [0.1, 0.15) is 0 Å². The van der Waals surface area contributed by atoms with Crippen LogP contribution in [0.4, 0.5) is 0 Å². The summed E-state index contributed by atoms with van der Waals surface area (Å²) in [6.45, 7) is 10.0. The highest BCUT2D eigenvalue weighted by Gasteiger charge is 2.17. The third kappa shape index (κ3) is 8.31. The monoisotopic (exact) mass is 374 g/mol. The molecule has 1 fully saturated rings. The zero-order valence-electron chi connectivity index (χ0n) is 17.5. The fourth-order valence-corrected chi connectivity index (χ4v) is 3.48. The van der Waals surface area contributed by atoms with Crippen LogP contribution in [0.15, 0.2) is 29.3 Å². The Labute approximate surface area is 165 Å². The van der Waals surface area contributed by atoms with Crippen LogP contribution in [0.2, 0.25) is 0 Å². The molecule has 152 valence electrons. The number of likely N-dealkylation sites (tertiary alicyclic amines) is 1. The second kappa shape index (κ2) is 12.7. The molecule has 0 saturated carbocycles. The maximum Gasteiger partial charge on any atom is 0.191 e. The van der Waals surface area contributed by atoms with E-state index in [2.05, 4.69) is 51.7 Å². The lowest BCUT2D eigenvalue weighted by Crippen LogP contribution is -2.37. The Balaban J connectivity index is 1.68. The van der Waals surface area contributed by atoms with Gasteiger partial charge in [0.2, 0.25) is 0 Å². The van der Waals surface area contributed by atoms with Crippen LogP contribution in [0.1, 0.15) is 57.1 Å². The number of nitrogens with zero attached hydrogens (tertiary/aromatic N) is 2. The van der Waals surface area contributed by atoms with Gasteiger partial charge in [0, 0.05) is 45.9 Å². The van der Waals surface area contributed by atoms with Gasteiger partial charge in [-0.05, 0) is 57.2 Å². The van der Waals surface area contributed by atoms with Gasteiger partial charge < -0.3 is 15.4 Å². The summed E-state index contributed by atoms with van der Waals surface area (Å²) >= 11 is 0. The summed E-state index contributed by atoms with van der Waals surface area (Å²) in [7, 11) is 1.82. The predicted octanol–water partition coefficient (Wildman–Crippen LogP) is 3.54. The fraction of sp³-hybridized carbons (Fsp3) is 0.682. The zero-order valence-corrected chi connectivity index (χ0v) is 17.5. The third-order valence-electron chi connectivity index (χ3n) is 5.24. The van der Waals surface area contributed by atoms with Gasteiger partial charge in [-0.2, -0.15) is 0 Å². The smallest absolute Gasteiger partial charge is 0.191 e. The van der Waals surface area contributed by atoms with E-state index in [0.29, 0.717) is 6.04 Å². The number of aliphatic imine (C=N–C) groups is 1. The molecule has 0 bridgehead atoms. The van der Waals surface area contributed by atoms with Crippen LogP contribution in [-0.4, -0.2) is 50.3 Å². The highest BCUT2D eigenvalue weighted by atomic mass is 16.5. The minimum absolute atomic E-state index is 0.711. The van der Waals surface area contributed by atoms with Crippen LogP contribution in [0, 0.1) is 0 Å². The Kier molecular flexibility index (Phi) is 10.2. The molecule has 1 atom stereocenters. The normalized spacial score (nSPS) is 18.5. The molecule has 5 heteroatoms. The van der Waals surface area contributed by atoms with Crippen molar-refractivity contribution in [2.75, 3.05) is 33.4 Å². The number of guanidine groups is 1. The van der Waals surface area contributed by atoms with Crippen LogP contribution >= 0.6 is 0 Å². The van der Waals surface area contributed by atoms with Crippen LogP contribution in [0.25, 0.3) is 0 Å². The van der Waals surface area contributed by atoms with E-state index in [9.17, 15) is 0 Å². The number of piperidine rings is 1. The molecule has 0 spiro atoms. The molecule has 1 aliphatic rings. The number of unbranched alkanes of at least 4 members (excludes halogenated alkanes) is 1. The van der Waals surface area contributed by atoms with Crippen molar-refractivity contribution in [2.24, 2.45) is 4.99 Å². The van der Waals surface area contributed by atoms with E-state index >= 15 is 0 Å². The molecule has 0 aromatic heterocycles. The molecule has 27 heavy (non-hydrogen) atoms. The van der Waals surface area contributed by atoms with Gasteiger partial charge in [-0.15, -0.1) is 0 Å². The number of hydrogen-bond acceptors (Lipinski definition) is 3. The zero-order chi connectivity index (χ0) is 19.3. The van der Waals surface area contributed by atoms with E-state index in [-0.39, 0.29) is 0 Å². The highest BCUT2D eigenvalue weighted by Crippen LogP contribution is 2.19. The van der Waals surface area contributed by atoms with Crippen molar-refractivity contribution >= 4 is 5.96 Å². The second-order valence-electron chi connectivity index (χ2n) is 7.39. The summed E-state index contributed by atoms with van der Waals surface area (Å²) in [5.74, 6) is 0.859. The van der Waals surface area contributed by atoms with E-state index in [0.717, 1.165) is 51.6 Å². The molecule has 1 saturated heterocycles. The Morgan fingerprint density at radius 1 is 1.15 bits per heavy atom. The van der Waals surface area contributed by atoms with E-state index in [4.69, 9.17) is 4.74 Å². The van der Waals surface area contributed by atoms with Crippen molar-refractivity contribution in [1.82, 2.24) is 15.5 Å². The van der Waals surface area contributed by atoms with Gasteiger partial charge in [-0.25, -0.2) is 0 Å². The van der Waals surface area contributed by atoms with Crippen LogP contribution < -0.4 is 10.6 Å². The minimum Gasteiger partial charge on any atom is -0.382 e. The van der Waals surface area contributed by atoms with Crippen molar-refractivity contribution in [2.45, 2.75) is 65.1 Å². The van der Waals surface area contributed by atoms with Gasteiger partial charge >= 0.3 is 0 Å². The fourth-order valence-electron chi connectivity index (χ4n) is 3.48. The Bertz CT molecular complexity index is 544. The van der Waals surface area contributed by atoms with Gasteiger partial charge in [-0.3, -0.25) is 9.89 Å². The SMILES string of the molecule is CCOCCCCNC(=NC)NCc1ccc(CN2CCCCC2C)cc1. The van der Waals surface area contributed by atoms with E-state index in [1.165, 1.54) is 36.9 Å². The van der Waals surface area contributed by atoms with Crippen molar-refractivity contribution < 1.29 is 4.74 Å². The summed E-state index contributed by atoms with van der Waals surface area (Å²) in [5.41, 5.74) is 2.69. The highest BCUT2D eigenvalue weighted by molar-refractivity contribution is 5.79. The summed E-state index contributed by atoms with van der Waals surface area (Å²) in [6, 6.07) is 9.70. The topological polar surface area (TPSA) is 48.9 Å². The molecular weight excluding hydrogens is 336 g/mol. The molecule has 0 amide bonds. The molecule has 1 aromatic carbocycles. The molecule has 2 rings (SSSR count). The van der Waals surface area contributed by atoms with Gasteiger partial charge in [0.05, 0.1) is 0 Å². The van der Waals surface area contributed by atoms with Crippen LogP contribution in [0.5, 0.6) is 0 Å². The first-order valence-electron chi connectivity index (χ1n) is 10.6. The summed E-state index contributed by atoms with van der Waals surface area (Å²) in [6.07, 6.45) is 6.22.